The van der Waals surface area contributed by atoms with Gasteiger partial charge in [0.05, 0.1) is 17.3 Å². The molecule has 3 aromatic rings. The van der Waals surface area contributed by atoms with Crippen molar-refractivity contribution in [3.8, 4) is 0 Å². The summed E-state index contributed by atoms with van der Waals surface area (Å²) in [6, 6.07) is 14.0. The van der Waals surface area contributed by atoms with Gasteiger partial charge < -0.3 is 11.1 Å². The summed E-state index contributed by atoms with van der Waals surface area (Å²) in [5.41, 5.74) is 8.19. The van der Waals surface area contributed by atoms with Gasteiger partial charge >= 0.3 is 0 Å². The molecule has 0 saturated carbocycles. The fraction of sp³-hybridized carbons (Fsp3) is 0.286. The Labute approximate surface area is 165 Å². The Kier molecular flexibility index (Phi) is 6.88. The number of hydrogen-bond acceptors (Lipinski definition) is 4. The number of halogens is 1. The number of carbonyl (C=O) groups excluding carboxylic acids is 1. The van der Waals surface area contributed by atoms with Gasteiger partial charge in [0.25, 0.3) is 5.91 Å². The highest BCUT2D eigenvalue weighted by Gasteiger charge is 2.20. The molecule has 0 aliphatic rings. The molecule has 0 fully saturated rings. The van der Waals surface area contributed by atoms with Crippen LogP contribution in [-0.2, 0) is 0 Å². The lowest BCUT2D eigenvalue weighted by Gasteiger charge is -2.19. The van der Waals surface area contributed by atoms with Crippen molar-refractivity contribution in [2.75, 3.05) is 6.54 Å². The lowest BCUT2D eigenvalue weighted by atomic mass is 10.0. The number of nitrogens with one attached hydrogen (secondary N) is 1. The molecule has 5 nitrogen and oxygen atoms in total. The molecule has 3 N–H and O–H groups in total. The average molecular weight is 385 g/mol. The Morgan fingerprint density at radius 3 is 2.52 bits per heavy atom. The van der Waals surface area contributed by atoms with Crippen LogP contribution in [0.25, 0.3) is 10.8 Å². The molecule has 1 unspecified atom stereocenters. The molecule has 142 valence electrons. The summed E-state index contributed by atoms with van der Waals surface area (Å²) in [6.07, 6.45) is 1.60. The van der Waals surface area contributed by atoms with Crippen LogP contribution in [0.4, 0.5) is 0 Å². The number of nitrogens with two attached hydrogens (primary N) is 1. The molecule has 6 heteroatoms. The number of amides is 1. The summed E-state index contributed by atoms with van der Waals surface area (Å²) < 4.78 is 0. The van der Waals surface area contributed by atoms with E-state index in [0.717, 1.165) is 22.0 Å². The molecule has 0 radical (unpaired) electrons. The minimum Gasteiger partial charge on any atom is -0.344 e. The molecular formula is C21H25ClN4O. The van der Waals surface area contributed by atoms with Crippen LogP contribution >= 0.6 is 12.4 Å². The first kappa shape index (κ1) is 20.8. The van der Waals surface area contributed by atoms with Gasteiger partial charge in [0.1, 0.15) is 5.82 Å². The Hall–Kier alpha value is -2.50. The second-order valence-corrected chi connectivity index (χ2v) is 6.74. The van der Waals surface area contributed by atoms with Gasteiger partial charge in [0.2, 0.25) is 0 Å². The Morgan fingerprint density at radius 1 is 1.15 bits per heavy atom. The normalized spacial score (nSPS) is 11.9. The average Bonchev–Trinajstić information content (AvgIpc) is 2.65. The van der Waals surface area contributed by atoms with E-state index in [0.29, 0.717) is 17.9 Å². The molecule has 0 saturated heterocycles. The number of aryl methyl sites for hydroxylation is 1. The summed E-state index contributed by atoms with van der Waals surface area (Å²) >= 11 is 0. The minimum atomic E-state index is -0.270. The van der Waals surface area contributed by atoms with E-state index in [4.69, 9.17) is 5.73 Å². The molecule has 0 bridgehead atoms. The van der Waals surface area contributed by atoms with Crippen LogP contribution in [0.5, 0.6) is 0 Å². The van der Waals surface area contributed by atoms with E-state index in [1.807, 2.05) is 45.0 Å². The number of benzene rings is 2. The van der Waals surface area contributed by atoms with Crippen molar-refractivity contribution < 1.29 is 4.79 Å². The first-order valence-corrected chi connectivity index (χ1v) is 8.82. The van der Waals surface area contributed by atoms with Crippen molar-refractivity contribution in [1.29, 1.82) is 0 Å². The van der Waals surface area contributed by atoms with Crippen LogP contribution in [-0.4, -0.2) is 22.4 Å². The third kappa shape index (κ3) is 4.62. The maximum absolute atomic E-state index is 12.8. The maximum Gasteiger partial charge on any atom is 0.255 e. The zero-order chi connectivity index (χ0) is 18.7. The van der Waals surface area contributed by atoms with Crippen molar-refractivity contribution >= 4 is 29.1 Å². The molecule has 3 rings (SSSR count). The predicted molar refractivity (Wildman–Crippen MR) is 111 cm³/mol. The lowest BCUT2D eigenvalue weighted by molar-refractivity contribution is 0.0935. The highest BCUT2D eigenvalue weighted by atomic mass is 35.5. The van der Waals surface area contributed by atoms with Crippen LogP contribution in [0.3, 0.4) is 0 Å². The van der Waals surface area contributed by atoms with E-state index in [9.17, 15) is 4.79 Å². The summed E-state index contributed by atoms with van der Waals surface area (Å²) in [7, 11) is 0. The van der Waals surface area contributed by atoms with Gasteiger partial charge in [-0.15, -0.1) is 12.4 Å². The third-order valence-corrected chi connectivity index (χ3v) is 4.45. The Balaban J connectivity index is 0.00000261. The first-order valence-electron chi connectivity index (χ1n) is 8.82. The number of nitrogens with zero attached hydrogens (tertiary/aromatic N) is 2. The number of fused-ring (bicyclic) bond motifs is 1. The summed E-state index contributed by atoms with van der Waals surface area (Å²) in [4.78, 5) is 21.5. The molecular weight excluding hydrogens is 360 g/mol. The van der Waals surface area contributed by atoms with Crippen LogP contribution in [0.15, 0.2) is 48.7 Å². The van der Waals surface area contributed by atoms with Crippen molar-refractivity contribution in [3.05, 3.63) is 71.3 Å². The fourth-order valence-electron chi connectivity index (χ4n) is 3.04. The SMILES string of the molecule is Cc1ncc(C(=O)NC(CN)c2ccc3ccccc3c2)c(C(C)C)n1.Cl. The van der Waals surface area contributed by atoms with E-state index in [1.54, 1.807) is 6.20 Å². The van der Waals surface area contributed by atoms with Gasteiger partial charge in [-0.25, -0.2) is 9.97 Å². The summed E-state index contributed by atoms with van der Waals surface area (Å²) in [6.45, 7) is 6.17. The standard InChI is InChI=1S/C21H24N4O.ClH/c1-13(2)20-18(12-23-14(3)24-20)21(26)25-19(11-22)17-9-8-15-6-4-5-7-16(15)10-17;/h4-10,12-13,19H,11,22H2,1-3H3,(H,25,26);1H. The fourth-order valence-corrected chi connectivity index (χ4v) is 3.04. The van der Waals surface area contributed by atoms with Gasteiger partial charge in [-0.3, -0.25) is 4.79 Å². The molecule has 1 amide bonds. The minimum absolute atomic E-state index is 0. The summed E-state index contributed by atoms with van der Waals surface area (Å²) in [5, 5.41) is 5.32. The number of aromatic nitrogens is 2. The first-order chi connectivity index (χ1) is 12.5. The maximum atomic E-state index is 12.8. The third-order valence-electron chi connectivity index (χ3n) is 4.45. The Morgan fingerprint density at radius 2 is 1.85 bits per heavy atom. The quantitative estimate of drug-likeness (QED) is 0.698. The molecule has 0 aliphatic carbocycles. The zero-order valence-electron chi connectivity index (χ0n) is 15.8. The second-order valence-electron chi connectivity index (χ2n) is 6.74. The monoisotopic (exact) mass is 384 g/mol. The van der Waals surface area contributed by atoms with Crippen molar-refractivity contribution in [1.82, 2.24) is 15.3 Å². The van der Waals surface area contributed by atoms with Crippen LogP contribution in [0.1, 0.15) is 53.2 Å². The van der Waals surface area contributed by atoms with Crippen molar-refractivity contribution in [3.63, 3.8) is 0 Å². The molecule has 1 heterocycles. The molecule has 1 aromatic heterocycles. The van der Waals surface area contributed by atoms with Crippen LogP contribution in [0, 0.1) is 6.92 Å². The van der Waals surface area contributed by atoms with E-state index in [1.165, 1.54) is 0 Å². The highest BCUT2D eigenvalue weighted by molar-refractivity contribution is 5.95. The van der Waals surface area contributed by atoms with Crippen LogP contribution in [0.2, 0.25) is 0 Å². The van der Waals surface area contributed by atoms with Gasteiger partial charge in [-0.05, 0) is 35.2 Å². The van der Waals surface area contributed by atoms with E-state index in [-0.39, 0.29) is 30.3 Å². The summed E-state index contributed by atoms with van der Waals surface area (Å²) in [5.74, 6) is 0.599. The number of hydrogen-bond donors (Lipinski definition) is 2. The zero-order valence-corrected chi connectivity index (χ0v) is 16.6. The molecule has 0 spiro atoms. The molecule has 1 atom stereocenters. The lowest BCUT2D eigenvalue weighted by Crippen LogP contribution is -2.34. The predicted octanol–water partition coefficient (Wildman–Crippen LogP) is 3.91. The van der Waals surface area contributed by atoms with Crippen molar-refractivity contribution in [2.45, 2.75) is 32.7 Å². The highest BCUT2D eigenvalue weighted by Crippen LogP contribution is 2.22. The number of carbonyl (C=O) groups is 1. The van der Waals surface area contributed by atoms with Gasteiger partial charge in [-0.1, -0.05) is 50.2 Å². The van der Waals surface area contributed by atoms with E-state index < -0.39 is 0 Å². The van der Waals surface area contributed by atoms with E-state index >= 15 is 0 Å². The smallest absolute Gasteiger partial charge is 0.255 e. The number of rotatable bonds is 5. The molecule has 0 aliphatic heterocycles. The van der Waals surface area contributed by atoms with Gasteiger partial charge in [0, 0.05) is 12.7 Å². The van der Waals surface area contributed by atoms with Gasteiger partial charge in [-0.2, -0.15) is 0 Å². The van der Waals surface area contributed by atoms with Crippen molar-refractivity contribution in [2.24, 2.45) is 5.73 Å². The van der Waals surface area contributed by atoms with Gasteiger partial charge in [0.15, 0.2) is 0 Å². The molecule has 27 heavy (non-hydrogen) atoms. The van der Waals surface area contributed by atoms with E-state index in [2.05, 4.69) is 33.5 Å². The molecule has 2 aromatic carbocycles. The largest absolute Gasteiger partial charge is 0.344 e. The second kappa shape index (κ2) is 8.93. The van der Waals surface area contributed by atoms with Crippen LogP contribution < -0.4 is 11.1 Å². The Bertz CT molecular complexity index is 942. The topological polar surface area (TPSA) is 80.9 Å².